The van der Waals surface area contributed by atoms with Crippen LogP contribution in [0.4, 0.5) is 11.4 Å². The summed E-state index contributed by atoms with van der Waals surface area (Å²) in [6.07, 6.45) is 2.44. The normalized spacial score (nSPS) is 15.8. The summed E-state index contributed by atoms with van der Waals surface area (Å²) in [5.74, 6) is -1.88. The molecule has 37 heavy (non-hydrogen) atoms. The lowest BCUT2D eigenvalue weighted by Gasteiger charge is -2.31. The van der Waals surface area contributed by atoms with Crippen molar-refractivity contribution in [1.29, 1.82) is 0 Å². The summed E-state index contributed by atoms with van der Waals surface area (Å²) in [5, 5.41) is 12.8. The molecule has 1 saturated heterocycles. The van der Waals surface area contributed by atoms with E-state index >= 15 is 0 Å². The van der Waals surface area contributed by atoms with Gasteiger partial charge < -0.3 is 26.6 Å². The lowest BCUT2D eigenvalue weighted by Crippen LogP contribution is -2.45. The van der Waals surface area contributed by atoms with Crippen molar-refractivity contribution in [3.05, 3.63) is 70.2 Å². The van der Waals surface area contributed by atoms with Gasteiger partial charge in [-0.05, 0) is 66.2 Å². The number of benzene rings is 2. The van der Waals surface area contributed by atoms with Gasteiger partial charge in [-0.2, -0.15) is 4.37 Å². The van der Waals surface area contributed by atoms with E-state index in [-0.39, 0.29) is 28.1 Å². The van der Waals surface area contributed by atoms with Crippen molar-refractivity contribution in [2.75, 3.05) is 23.8 Å². The van der Waals surface area contributed by atoms with Crippen LogP contribution < -0.4 is 21.7 Å². The lowest BCUT2D eigenvalue weighted by molar-refractivity contribution is -0.123. The number of aromatic hydroxyl groups is 1. The van der Waals surface area contributed by atoms with E-state index in [2.05, 4.69) is 9.69 Å². The first kappa shape index (κ1) is 26.1. The highest BCUT2D eigenvalue weighted by Crippen LogP contribution is 2.34. The third-order valence-corrected chi connectivity index (χ3v) is 7.09. The van der Waals surface area contributed by atoms with Crippen LogP contribution in [0.2, 0.25) is 0 Å². The molecule has 1 aromatic heterocycles. The number of carbonyl (C=O) groups excluding carboxylic acids is 3. The third-order valence-electron chi connectivity index (χ3n) is 6.24. The average molecular weight is 524 g/mol. The molecule has 0 aliphatic carbocycles. The number of anilines is 2. The van der Waals surface area contributed by atoms with Crippen molar-refractivity contribution in [2.45, 2.75) is 38.3 Å². The van der Waals surface area contributed by atoms with Crippen molar-refractivity contribution in [1.82, 2.24) is 9.69 Å². The van der Waals surface area contributed by atoms with Crippen LogP contribution in [0.5, 0.6) is 5.75 Å². The first-order valence-corrected chi connectivity index (χ1v) is 12.7. The number of phenolic OH excluding ortho intramolecular Hbond substituents is 1. The first-order valence-electron chi connectivity index (χ1n) is 12.0. The molecule has 10 nitrogen and oxygen atoms in total. The van der Waals surface area contributed by atoms with E-state index in [4.69, 9.17) is 16.2 Å². The zero-order chi connectivity index (χ0) is 26.5. The van der Waals surface area contributed by atoms with Crippen LogP contribution in [-0.4, -0.2) is 46.5 Å². The zero-order valence-corrected chi connectivity index (χ0v) is 21.2. The van der Waals surface area contributed by atoms with Gasteiger partial charge in [0.2, 0.25) is 5.91 Å². The number of carbonyl (C=O) groups is 3. The first-order chi connectivity index (χ1) is 17.8. The molecule has 11 heteroatoms. The van der Waals surface area contributed by atoms with E-state index in [9.17, 15) is 19.5 Å². The molecule has 0 spiro atoms. The molecule has 2 atom stereocenters. The molecule has 3 aromatic rings. The maximum absolute atomic E-state index is 14.0. The van der Waals surface area contributed by atoms with E-state index in [1.165, 1.54) is 17.0 Å². The summed E-state index contributed by atoms with van der Waals surface area (Å²) in [6, 6.07) is 12.2. The summed E-state index contributed by atoms with van der Waals surface area (Å²) >= 11 is 0.745. The van der Waals surface area contributed by atoms with Crippen LogP contribution in [0.3, 0.4) is 0 Å². The van der Waals surface area contributed by atoms with Gasteiger partial charge in [-0.15, -0.1) is 0 Å². The summed E-state index contributed by atoms with van der Waals surface area (Å²) in [4.78, 5) is 40.8. The van der Waals surface area contributed by atoms with Crippen LogP contribution in [0, 0.1) is 0 Å². The predicted molar refractivity (Wildman–Crippen MR) is 141 cm³/mol. The van der Waals surface area contributed by atoms with E-state index in [0.717, 1.165) is 36.4 Å². The minimum atomic E-state index is -1.12. The highest BCUT2D eigenvalue weighted by Gasteiger charge is 2.36. The number of hydrogen-bond donors (Lipinski definition) is 4. The summed E-state index contributed by atoms with van der Waals surface area (Å²) < 4.78 is 9.60. The Balaban J connectivity index is 1.80. The van der Waals surface area contributed by atoms with Gasteiger partial charge in [0.15, 0.2) is 5.69 Å². The molecule has 1 aliphatic heterocycles. The van der Waals surface area contributed by atoms with Crippen molar-refractivity contribution >= 4 is 40.6 Å². The Hall–Kier alpha value is -3.96. The highest BCUT2D eigenvalue weighted by molar-refractivity contribution is 7.09. The Labute approximate surface area is 218 Å². The number of nitrogens with two attached hydrogens (primary N) is 2. The molecule has 1 fully saturated rings. The molecule has 0 bridgehead atoms. The SMILES string of the molecule is CCc1ccc(N(C(=O)c2snc(C(N)=O)c2N)[C@H](C(=O)NC[C@H]2CCCO2)c2ccc(O)cc2)cc1. The van der Waals surface area contributed by atoms with Crippen LogP contribution in [-0.2, 0) is 16.0 Å². The standard InChI is InChI=1S/C26H29N5O5S/c1-2-15-5-9-17(10-6-15)31(26(35)23-20(27)21(24(28)33)30-37-23)22(16-7-11-18(32)12-8-16)25(34)29-14-19-4-3-13-36-19/h5-12,19,22,32H,2-4,13-14,27H2,1H3,(H2,28,33)(H,29,34)/t19-,22+/m1/s1. The zero-order valence-electron chi connectivity index (χ0n) is 20.3. The highest BCUT2D eigenvalue weighted by atomic mass is 32.1. The number of aromatic nitrogens is 1. The van der Waals surface area contributed by atoms with Gasteiger partial charge in [0.05, 0.1) is 11.8 Å². The van der Waals surface area contributed by atoms with Gasteiger partial charge in [-0.3, -0.25) is 19.3 Å². The second kappa shape index (κ2) is 11.4. The smallest absolute Gasteiger partial charge is 0.273 e. The number of hydrogen-bond acceptors (Lipinski definition) is 8. The van der Waals surface area contributed by atoms with Crippen LogP contribution in [0.25, 0.3) is 0 Å². The Morgan fingerprint density at radius 1 is 1.19 bits per heavy atom. The molecule has 2 heterocycles. The minimum Gasteiger partial charge on any atom is -0.508 e. The largest absolute Gasteiger partial charge is 0.508 e. The average Bonchev–Trinajstić information content (AvgIpc) is 3.56. The van der Waals surface area contributed by atoms with Crippen molar-refractivity contribution in [2.24, 2.45) is 5.73 Å². The fourth-order valence-corrected chi connectivity index (χ4v) is 4.95. The van der Waals surface area contributed by atoms with Gasteiger partial charge >= 0.3 is 0 Å². The fraction of sp³-hybridized carbons (Fsp3) is 0.308. The number of nitrogens with one attached hydrogen (secondary N) is 1. The van der Waals surface area contributed by atoms with Crippen LogP contribution in [0.15, 0.2) is 48.5 Å². The number of amides is 3. The molecular weight excluding hydrogens is 494 g/mol. The monoisotopic (exact) mass is 523 g/mol. The molecular formula is C26H29N5O5S. The molecule has 0 saturated carbocycles. The molecule has 3 amide bonds. The number of nitrogens with zero attached hydrogens (tertiary/aromatic N) is 2. The Morgan fingerprint density at radius 2 is 1.89 bits per heavy atom. The molecule has 4 rings (SSSR count). The minimum absolute atomic E-state index is 0.0101. The Kier molecular flexibility index (Phi) is 8.04. The topological polar surface area (TPSA) is 161 Å². The number of aryl methyl sites for hydroxylation is 1. The quantitative estimate of drug-likeness (QED) is 0.335. The van der Waals surface area contributed by atoms with E-state index in [0.29, 0.717) is 24.4 Å². The lowest BCUT2D eigenvalue weighted by atomic mass is 10.0. The van der Waals surface area contributed by atoms with Crippen molar-refractivity contribution in [3.8, 4) is 5.75 Å². The van der Waals surface area contributed by atoms with Gasteiger partial charge in [0.1, 0.15) is 16.7 Å². The number of nitrogen functional groups attached to an aromatic ring is 1. The fourth-order valence-electron chi connectivity index (χ4n) is 4.21. The van der Waals surface area contributed by atoms with Crippen LogP contribution >= 0.6 is 11.5 Å². The number of primary amides is 1. The molecule has 1 aliphatic rings. The van der Waals surface area contributed by atoms with Gasteiger partial charge in [0.25, 0.3) is 11.8 Å². The second-order valence-electron chi connectivity index (χ2n) is 8.71. The predicted octanol–water partition coefficient (Wildman–Crippen LogP) is 2.78. The summed E-state index contributed by atoms with van der Waals surface area (Å²) in [7, 11) is 0. The summed E-state index contributed by atoms with van der Waals surface area (Å²) in [6.45, 7) is 2.95. The molecule has 6 N–H and O–H groups in total. The molecule has 0 radical (unpaired) electrons. The third kappa shape index (κ3) is 5.73. The second-order valence-corrected chi connectivity index (χ2v) is 9.48. The van der Waals surface area contributed by atoms with Crippen molar-refractivity contribution < 1.29 is 24.2 Å². The Bertz CT molecular complexity index is 1270. The van der Waals surface area contributed by atoms with E-state index in [1.54, 1.807) is 24.3 Å². The maximum Gasteiger partial charge on any atom is 0.273 e. The Morgan fingerprint density at radius 3 is 2.46 bits per heavy atom. The number of phenols is 1. The molecule has 2 aromatic carbocycles. The van der Waals surface area contributed by atoms with Gasteiger partial charge in [0, 0.05) is 18.8 Å². The summed E-state index contributed by atoms with van der Waals surface area (Å²) in [5.41, 5.74) is 13.1. The maximum atomic E-state index is 14.0. The number of ether oxygens (including phenoxy) is 1. The van der Waals surface area contributed by atoms with Crippen molar-refractivity contribution in [3.63, 3.8) is 0 Å². The van der Waals surface area contributed by atoms with E-state index in [1.807, 2.05) is 19.1 Å². The molecule has 0 unspecified atom stereocenters. The van der Waals surface area contributed by atoms with Gasteiger partial charge in [-0.1, -0.05) is 31.2 Å². The van der Waals surface area contributed by atoms with Crippen LogP contribution in [0.1, 0.15) is 57.1 Å². The molecule has 194 valence electrons. The van der Waals surface area contributed by atoms with Gasteiger partial charge in [-0.25, -0.2) is 0 Å². The van der Waals surface area contributed by atoms with E-state index < -0.39 is 23.8 Å². The number of rotatable bonds is 9.